The molecule has 1 aromatic carbocycles. The summed E-state index contributed by atoms with van der Waals surface area (Å²) in [6, 6.07) is 13.6. The van der Waals surface area contributed by atoms with E-state index in [0.29, 0.717) is 13.0 Å². The summed E-state index contributed by atoms with van der Waals surface area (Å²) in [6.07, 6.45) is 2.88. The molecule has 0 bridgehead atoms. The SMILES string of the molecule is COc1ccc(CCNC(=O)Cc2sc(-c3ccccn3)nc2C)cc1. The Morgan fingerprint density at radius 1 is 1.19 bits per heavy atom. The number of ether oxygens (including phenoxy) is 1. The summed E-state index contributed by atoms with van der Waals surface area (Å²) in [5, 5.41) is 3.83. The van der Waals surface area contributed by atoms with Gasteiger partial charge in [-0.2, -0.15) is 0 Å². The molecule has 1 amide bonds. The van der Waals surface area contributed by atoms with Gasteiger partial charge in [0.05, 0.1) is 24.9 Å². The summed E-state index contributed by atoms with van der Waals surface area (Å²) in [5.74, 6) is 0.847. The fraction of sp³-hybridized carbons (Fsp3) is 0.250. The van der Waals surface area contributed by atoms with Gasteiger partial charge in [0.25, 0.3) is 0 Å². The zero-order valence-electron chi connectivity index (χ0n) is 14.9. The third-order valence-corrected chi connectivity index (χ3v) is 5.17. The molecule has 5 nitrogen and oxygen atoms in total. The first kappa shape index (κ1) is 18.1. The van der Waals surface area contributed by atoms with Gasteiger partial charge < -0.3 is 10.1 Å². The van der Waals surface area contributed by atoms with E-state index < -0.39 is 0 Å². The van der Waals surface area contributed by atoms with Crippen LogP contribution in [0.5, 0.6) is 5.75 Å². The predicted octanol–water partition coefficient (Wildman–Crippen LogP) is 3.42. The van der Waals surface area contributed by atoms with Crippen molar-refractivity contribution >= 4 is 17.2 Å². The number of amides is 1. The third kappa shape index (κ3) is 4.67. The number of carbonyl (C=O) groups excluding carboxylic acids is 1. The van der Waals surface area contributed by atoms with E-state index in [1.54, 1.807) is 13.3 Å². The zero-order valence-corrected chi connectivity index (χ0v) is 15.7. The highest BCUT2D eigenvalue weighted by Gasteiger charge is 2.13. The maximum Gasteiger partial charge on any atom is 0.225 e. The number of rotatable bonds is 7. The molecule has 2 aromatic heterocycles. The van der Waals surface area contributed by atoms with Crippen molar-refractivity contribution in [3.05, 3.63) is 64.8 Å². The second-order valence-corrected chi connectivity index (χ2v) is 6.95. The van der Waals surface area contributed by atoms with Crippen LogP contribution in [0.1, 0.15) is 16.1 Å². The first-order valence-corrected chi connectivity index (χ1v) is 9.24. The van der Waals surface area contributed by atoms with Gasteiger partial charge >= 0.3 is 0 Å². The molecule has 2 heterocycles. The average molecular weight is 367 g/mol. The molecule has 0 aliphatic rings. The summed E-state index contributed by atoms with van der Waals surface area (Å²) < 4.78 is 5.14. The molecule has 134 valence electrons. The van der Waals surface area contributed by atoms with Crippen LogP contribution in [0.3, 0.4) is 0 Å². The van der Waals surface area contributed by atoms with Crippen LogP contribution >= 0.6 is 11.3 Å². The fourth-order valence-electron chi connectivity index (χ4n) is 2.54. The van der Waals surface area contributed by atoms with E-state index in [4.69, 9.17) is 4.74 Å². The van der Waals surface area contributed by atoms with E-state index in [1.165, 1.54) is 11.3 Å². The van der Waals surface area contributed by atoms with Crippen molar-refractivity contribution in [1.29, 1.82) is 0 Å². The lowest BCUT2D eigenvalue weighted by molar-refractivity contribution is -0.120. The van der Waals surface area contributed by atoms with E-state index in [9.17, 15) is 4.79 Å². The minimum atomic E-state index is 0.0119. The molecule has 0 aliphatic heterocycles. The van der Waals surface area contributed by atoms with Crippen LogP contribution in [-0.2, 0) is 17.6 Å². The standard InChI is InChI=1S/C20H21N3O2S/c1-14-18(26-20(23-14)17-5-3-4-11-21-17)13-19(24)22-12-10-15-6-8-16(25-2)9-7-15/h3-9,11H,10,12-13H2,1-2H3,(H,22,24). The molecule has 0 saturated heterocycles. The van der Waals surface area contributed by atoms with Crippen LogP contribution in [0.4, 0.5) is 0 Å². The average Bonchev–Trinajstić information content (AvgIpc) is 3.03. The molecular formula is C20H21N3O2S. The number of nitrogens with zero attached hydrogens (tertiary/aromatic N) is 2. The summed E-state index contributed by atoms with van der Waals surface area (Å²) in [6.45, 7) is 2.54. The third-order valence-electron chi connectivity index (χ3n) is 3.99. The van der Waals surface area contributed by atoms with E-state index in [-0.39, 0.29) is 5.91 Å². The normalized spacial score (nSPS) is 10.5. The lowest BCUT2D eigenvalue weighted by atomic mass is 10.1. The summed E-state index contributed by atoms with van der Waals surface area (Å²) >= 11 is 1.53. The molecule has 26 heavy (non-hydrogen) atoms. The van der Waals surface area contributed by atoms with Crippen LogP contribution < -0.4 is 10.1 Å². The number of carbonyl (C=O) groups is 1. The molecule has 0 aliphatic carbocycles. The van der Waals surface area contributed by atoms with Gasteiger partial charge in [-0.1, -0.05) is 18.2 Å². The Labute approximate surface area is 157 Å². The molecule has 6 heteroatoms. The number of aromatic nitrogens is 2. The van der Waals surface area contributed by atoms with Crippen molar-refractivity contribution < 1.29 is 9.53 Å². The maximum absolute atomic E-state index is 12.2. The second kappa shape index (κ2) is 8.58. The molecule has 3 aromatic rings. The second-order valence-electron chi connectivity index (χ2n) is 5.87. The number of aryl methyl sites for hydroxylation is 1. The topological polar surface area (TPSA) is 64.1 Å². The highest BCUT2D eigenvalue weighted by molar-refractivity contribution is 7.15. The summed E-state index contributed by atoms with van der Waals surface area (Å²) in [5.41, 5.74) is 2.89. The Morgan fingerprint density at radius 2 is 2.00 bits per heavy atom. The van der Waals surface area contributed by atoms with Crippen molar-refractivity contribution in [2.24, 2.45) is 0 Å². The van der Waals surface area contributed by atoms with Crippen LogP contribution in [0, 0.1) is 6.92 Å². The Bertz CT molecular complexity index is 861. The van der Waals surface area contributed by atoms with Crippen LogP contribution in [0.25, 0.3) is 10.7 Å². The number of pyridine rings is 1. The number of nitrogens with one attached hydrogen (secondary N) is 1. The van der Waals surface area contributed by atoms with Crippen molar-refractivity contribution in [3.63, 3.8) is 0 Å². The van der Waals surface area contributed by atoms with Crippen molar-refractivity contribution in [3.8, 4) is 16.5 Å². The largest absolute Gasteiger partial charge is 0.497 e. The fourth-order valence-corrected chi connectivity index (χ4v) is 3.58. The van der Waals surface area contributed by atoms with Crippen LogP contribution in [-0.4, -0.2) is 29.5 Å². The van der Waals surface area contributed by atoms with Crippen molar-refractivity contribution in [2.75, 3.05) is 13.7 Å². The molecule has 0 unspecified atom stereocenters. The number of thiazole rings is 1. The van der Waals surface area contributed by atoms with Crippen molar-refractivity contribution in [2.45, 2.75) is 19.8 Å². The van der Waals surface area contributed by atoms with Gasteiger partial charge in [0.15, 0.2) is 0 Å². The van der Waals surface area contributed by atoms with Crippen LogP contribution in [0.15, 0.2) is 48.7 Å². The molecular weight excluding hydrogens is 346 g/mol. The first-order chi connectivity index (χ1) is 12.7. The smallest absolute Gasteiger partial charge is 0.225 e. The van der Waals surface area contributed by atoms with Gasteiger partial charge in [-0.25, -0.2) is 4.98 Å². The lowest BCUT2D eigenvalue weighted by Gasteiger charge is -2.06. The number of benzene rings is 1. The Hall–Kier alpha value is -2.73. The van der Waals surface area contributed by atoms with Gasteiger partial charge in [-0.05, 0) is 43.2 Å². The van der Waals surface area contributed by atoms with Gasteiger partial charge in [-0.3, -0.25) is 9.78 Å². The molecule has 0 saturated carbocycles. The van der Waals surface area contributed by atoms with Gasteiger partial charge in [-0.15, -0.1) is 11.3 Å². The van der Waals surface area contributed by atoms with Gasteiger partial charge in [0.2, 0.25) is 5.91 Å². The predicted molar refractivity (Wildman–Crippen MR) is 103 cm³/mol. The number of hydrogen-bond donors (Lipinski definition) is 1. The Balaban J connectivity index is 1.52. The first-order valence-electron chi connectivity index (χ1n) is 8.43. The molecule has 3 rings (SSSR count). The van der Waals surface area contributed by atoms with Gasteiger partial charge in [0, 0.05) is 17.6 Å². The summed E-state index contributed by atoms with van der Waals surface area (Å²) in [4.78, 5) is 22.1. The molecule has 0 radical (unpaired) electrons. The minimum Gasteiger partial charge on any atom is -0.497 e. The van der Waals surface area contributed by atoms with E-state index in [0.717, 1.165) is 39.0 Å². The van der Waals surface area contributed by atoms with Crippen LogP contribution in [0.2, 0.25) is 0 Å². The number of hydrogen-bond acceptors (Lipinski definition) is 5. The van der Waals surface area contributed by atoms with E-state index in [1.807, 2.05) is 49.4 Å². The van der Waals surface area contributed by atoms with E-state index >= 15 is 0 Å². The summed E-state index contributed by atoms with van der Waals surface area (Å²) in [7, 11) is 1.65. The Morgan fingerprint density at radius 3 is 2.69 bits per heavy atom. The maximum atomic E-state index is 12.2. The minimum absolute atomic E-state index is 0.0119. The quantitative estimate of drug-likeness (QED) is 0.695. The zero-order chi connectivity index (χ0) is 18.4. The number of methoxy groups -OCH3 is 1. The Kier molecular flexibility index (Phi) is 5.96. The van der Waals surface area contributed by atoms with E-state index in [2.05, 4.69) is 15.3 Å². The molecule has 1 N–H and O–H groups in total. The monoisotopic (exact) mass is 367 g/mol. The highest BCUT2D eigenvalue weighted by Crippen LogP contribution is 2.26. The molecule has 0 spiro atoms. The van der Waals surface area contributed by atoms with Gasteiger partial charge in [0.1, 0.15) is 10.8 Å². The lowest BCUT2D eigenvalue weighted by Crippen LogP contribution is -2.27. The highest BCUT2D eigenvalue weighted by atomic mass is 32.1. The molecule has 0 fully saturated rings. The molecule has 0 atom stereocenters. The van der Waals surface area contributed by atoms with Crippen molar-refractivity contribution in [1.82, 2.24) is 15.3 Å².